The maximum atomic E-state index is 13.7. The highest BCUT2D eigenvalue weighted by atomic mass is 19.1. The van der Waals surface area contributed by atoms with Crippen molar-refractivity contribution < 1.29 is 18.7 Å². The van der Waals surface area contributed by atoms with Gasteiger partial charge in [0.05, 0.1) is 18.4 Å². The van der Waals surface area contributed by atoms with Crippen LogP contribution in [-0.4, -0.2) is 25.0 Å². The number of halogens is 1. The van der Waals surface area contributed by atoms with E-state index < -0.39 is 11.7 Å². The Bertz CT molecular complexity index is 831. The lowest BCUT2D eigenvalue weighted by molar-refractivity contribution is 0.0951. The van der Waals surface area contributed by atoms with Crippen LogP contribution in [0, 0.1) is 12.7 Å². The Kier molecular flexibility index (Phi) is 4.70. The summed E-state index contributed by atoms with van der Waals surface area (Å²) in [5.41, 5.74) is 1.31. The fourth-order valence-electron chi connectivity index (χ4n) is 2.37. The number of aryl methyl sites for hydroxylation is 1. The van der Waals surface area contributed by atoms with E-state index in [9.17, 15) is 14.0 Å². The quantitative estimate of drug-likeness (QED) is 0.876. The summed E-state index contributed by atoms with van der Waals surface area (Å²) in [6.45, 7) is 1.63. The predicted molar refractivity (Wildman–Crippen MR) is 92.6 cm³/mol. The molecule has 0 aliphatic heterocycles. The highest BCUT2D eigenvalue weighted by Gasteiger charge is 2.25. The molecule has 0 saturated heterocycles. The second-order valence-electron chi connectivity index (χ2n) is 6.08. The maximum Gasteiger partial charge on any atom is 0.255 e. The van der Waals surface area contributed by atoms with Gasteiger partial charge in [-0.2, -0.15) is 0 Å². The number of hydrogen-bond acceptors (Lipinski definition) is 3. The van der Waals surface area contributed by atoms with Gasteiger partial charge < -0.3 is 15.4 Å². The van der Waals surface area contributed by atoms with Crippen molar-refractivity contribution in [2.75, 3.05) is 12.4 Å². The average Bonchev–Trinajstić information content (AvgIpc) is 3.41. The molecule has 0 bridgehead atoms. The molecule has 0 atom stereocenters. The van der Waals surface area contributed by atoms with Crippen LogP contribution in [0.1, 0.15) is 39.1 Å². The number of carbonyl (C=O) groups is 2. The van der Waals surface area contributed by atoms with E-state index in [1.54, 1.807) is 37.3 Å². The van der Waals surface area contributed by atoms with Gasteiger partial charge in [0.25, 0.3) is 11.8 Å². The number of anilines is 1. The summed E-state index contributed by atoms with van der Waals surface area (Å²) in [4.78, 5) is 24.8. The van der Waals surface area contributed by atoms with Crippen LogP contribution in [0.25, 0.3) is 0 Å². The van der Waals surface area contributed by atoms with Crippen molar-refractivity contribution in [3.8, 4) is 5.75 Å². The standard InChI is InChI=1S/C19H19FN2O3/c1-11-3-4-12(9-16(11)20)18(23)22-17-8-7-14(25-2)10-15(17)19(24)21-13-5-6-13/h3-4,7-10,13H,5-6H2,1-2H3,(H,21,24)(H,22,23). The Morgan fingerprint density at radius 1 is 1.12 bits per heavy atom. The van der Waals surface area contributed by atoms with E-state index in [-0.39, 0.29) is 17.5 Å². The van der Waals surface area contributed by atoms with Gasteiger partial charge in [0.2, 0.25) is 0 Å². The molecule has 1 aliphatic carbocycles. The molecule has 2 aromatic carbocycles. The molecule has 0 aromatic heterocycles. The smallest absolute Gasteiger partial charge is 0.255 e. The first-order valence-corrected chi connectivity index (χ1v) is 8.04. The van der Waals surface area contributed by atoms with Crippen LogP contribution in [-0.2, 0) is 0 Å². The summed E-state index contributed by atoms with van der Waals surface area (Å²) in [5.74, 6) is -0.689. The van der Waals surface area contributed by atoms with E-state index in [0.717, 1.165) is 12.8 Å². The number of rotatable bonds is 5. The minimum absolute atomic E-state index is 0.187. The molecular weight excluding hydrogens is 323 g/mol. The fourth-order valence-corrected chi connectivity index (χ4v) is 2.37. The molecule has 130 valence electrons. The fraction of sp³-hybridized carbons (Fsp3) is 0.263. The maximum absolute atomic E-state index is 13.7. The number of nitrogens with one attached hydrogen (secondary N) is 2. The molecule has 25 heavy (non-hydrogen) atoms. The lowest BCUT2D eigenvalue weighted by Gasteiger charge is -2.13. The topological polar surface area (TPSA) is 67.4 Å². The number of methoxy groups -OCH3 is 1. The minimum Gasteiger partial charge on any atom is -0.497 e. The summed E-state index contributed by atoms with van der Waals surface area (Å²) in [6, 6.07) is 9.28. The molecule has 3 rings (SSSR count). The third kappa shape index (κ3) is 3.96. The van der Waals surface area contributed by atoms with Crippen LogP contribution in [0.2, 0.25) is 0 Å². The van der Waals surface area contributed by atoms with E-state index in [1.165, 1.54) is 13.2 Å². The molecule has 2 amide bonds. The molecule has 0 spiro atoms. The molecule has 0 unspecified atom stereocenters. The monoisotopic (exact) mass is 342 g/mol. The van der Waals surface area contributed by atoms with E-state index >= 15 is 0 Å². The van der Waals surface area contributed by atoms with Crippen molar-refractivity contribution in [1.29, 1.82) is 0 Å². The zero-order valence-corrected chi connectivity index (χ0v) is 14.1. The predicted octanol–water partition coefficient (Wildman–Crippen LogP) is 3.29. The van der Waals surface area contributed by atoms with Crippen LogP contribution < -0.4 is 15.4 Å². The van der Waals surface area contributed by atoms with Gasteiger partial charge in [-0.1, -0.05) is 6.07 Å². The molecule has 1 fully saturated rings. The van der Waals surface area contributed by atoms with Gasteiger partial charge >= 0.3 is 0 Å². The van der Waals surface area contributed by atoms with Gasteiger partial charge in [-0.05, 0) is 55.7 Å². The molecule has 2 N–H and O–H groups in total. The number of amides is 2. The summed E-state index contributed by atoms with van der Waals surface area (Å²) in [6.07, 6.45) is 1.92. The zero-order valence-electron chi connectivity index (χ0n) is 14.1. The second-order valence-corrected chi connectivity index (χ2v) is 6.08. The van der Waals surface area contributed by atoms with Gasteiger partial charge in [0, 0.05) is 11.6 Å². The molecule has 1 aliphatic rings. The Labute approximate surface area is 145 Å². The SMILES string of the molecule is COc1ccc(NC(=O)c2ccc(C)c(F)c2)c(C(=O)NC2CC2)c1. The molecule has 0 heterocycles. The van der Waals surface area contributed by atoms with Crippen LogP contribution in [0.15, 0.2) is 36.4 Å². The molecule has 6 heteroatoms. The highest BCUT2D eigenvalue weighted by molar-refractivity contribution is 6.09. The van der Waals surface area contributed by atoms with E-state index in [2.05, 4.69) is 10.6 Å². The third-order valence-corrected chi connectivity index (χ3v) is 4.07. The highest BCUT2D eigenvalue weighted by Crippen LogP contribution is 2.25. The Balaban J connectivity index is 1.86. The minimum atomic E-state index is -0.482. The molecule has 5 nitrogen and oxygen atoms in total. The van der Waals surface area contributed by atoms with Gasteiger partial charge in [-0.15, -0.1) is 0 Å². The van der Waals surface area contributed by atoms with Gasteiger partial charge in [-0.25, -0.2) is 4.39 Å². The van der Waals surface area contributed by atoms with Crippen LogP contribution in [0.4, 0.5) is 10.1 Å². The summed E-state index contributed by atoms with van der Waals surface area (Å²) >= 11 is 0. The van der Waals surface area contributed by atoms with Crippen molar-refractivity contribution >= 4 is 17.5 Å². The van der Waals surface area contributed by atoms with Crippen molar-refractivity contribution in [3.05, 3.63) is 58.9 Å². The van der Waals surface area contributed by atoms with E-state index in [1.807, 2.05) is 0 Å². The molecule has 0 radical (unpaired) electrons. The summed E-state index contributed by atoms with van der Waals surface area (Å²) in [7, 11) is 1.51. The van der Waals surface area contributed by atoms with E-state index in [4.69, 9.17) is 4.74 Å². The largest absolute Gasteiger partial charge is 0.497 e. The molecule has 2 aromatic rings. The van der Waals surface area contributed by atoms with Gasteiger partial charge in [0.1, 0.15) is 11.6 Å². The molecular formula is C19H19FN2O3. The van der Waals surface area contributed by atoms with Gasteiger partial charge in [0.15, 0.2) is 0 Å². The lowest BCUT2D eigenvalue weighted by atomic mass is 10.1. The Morgan fingerprint density at radius 2 is 1.88 bits per heavy atom. The number of hydrogen-bond donors (Lipinski definition) is 2. The van der Waals surface area contributed by atoms with Crippen LogP contribution >= 0.6 is 0 Å². The van der Waals surface area contributed by atoms with Crippen molar-refractivity contribution in [3.63, 3.8) is 0 Å². The van der Waals surface area contributed by atoms with Crippen LogP contribution in [0.5, 0.6) is 5.75 Å². The van der Waals surface area contributed by atoms with Crippen molar-refractivity contribution in [2.45, 2.75) is 25.8 Å². The normalized spacial score (nSPS) is 13.2. The lowest BCUT2D eigenvalue weighted by Crippen LogP contribution is -2.27. The average molecular weight is 342 g/mol. The second kappa shape index (κ2) is 6.93. The number of ether oxygens (including phenoxy) is 1. The van der Waals surface area contributed by atoms with E-state index in [0.29, 0.717) is 22.6 Å². The first kappa shape index (κ1) is 17.0. The van der Waals surface area contributed by atoms with Gasteiger partial charge in [-0.3, -0.25) is 9.59 Å². The number of carbonyl (C=O) groups excluding carboxylic acids is 2. The first-order chi connectivity index (χ1) is 12.0. The van der Waals surface area contributed by atoms with Crippen molar-refractivity contribution in [2.24, 2.45) is 0 Å². The Hall–Kier alpha value is -2.89. The molecule has 1 saturated carbocycles. The third-order valence-electron chi connectivity index (χ3n) is 4.07. The summed E-state index contributed by atoms with van der Waals surface area (Å²) in [5, 5.41) is 5.56. The zero-order chi connectivity index (χ0) is 18.0. The Morgan fingerprint density at radius 3 is 2.52 bits per heavy atom. The van der Waals surface area contributed by atoms with Crippen LogP contribution in [0.3, 0.4) is 0 Å². The van der Waals surface area contributed by atoms with Crippen molar-refractivity contribution in [1.82, 2.24) is 5.32 Å². The first-order valence-electron chi connectivity index (χ1n) is 8.04. The number of benzene rings is 2. The summed E-state index contributed by atoms with van der Waals surface area (Å²) < 4.78 is 18.8.